The van der Waals surface area contributed by atoms with E-state index in [1.807, 2.05) is 42.5 Å². The van der Waals surface area contributed by atoms with Gasteiger partial charge in [-0.2, -0.15) is 0 Å². The van der Waals surface area contributed by atoms with Gasteiger partial charge in [0.25, 0.3) is 5.91 Å². The molecule has 0 fully saturated rings. The Bertz CT molecular complexity index is 695. The Morgan fingerprint density at radius 3 is 2.19 bits per heavy atom. The summed E-state index contributed by atoms with van der Waals surface area (Å²) in [5.74, 6) is -0.739. The molecule has 0 saturated carbocycles. The number of esters is 1. The van der Waals surface area contributed by atoms with Gasteiger partial charge in [-0.1, -0.05) is 56.3 Å². The number of rotatable bonds is 9. The van der Waals surface area contributed by atoms with Gasteiger partial charge in [0.15, 0.2) is 0 Å². The van der Waals surface area contributed by atoms with E-state index in [2.05, 4.69) is 24.1 Å². The van der Waals surface area contributed by atoms with Crippen molar-refractivity contribution in [1.29, 1.82) is 0 Å². The summed E-state index contributed by atoms with van der Waals surface area (Å²) < 4.78 is 5.14. The van der Waals surface area contributed by atoms with Crippen LogP contribution < -0.4 is 5.32 Å². The third-order valence-electron chi connectivity index (χ3n) is 4.15. The fourth-order valence-corrected chi connectivity index (χ4v) is 2.51. The second-order valence-corrected chi connectivity index (χ2v) is 5.99. The van der Waals surface area contributed by atoms with Crippen molar-refractivity contribution in [2.24, 2.45) is 0 Å². The smallest absolute Gasteiger partial charge is 0.325 e. The Morgan fingerprint density at radius 1 is 0.923 bits per heavy atom. The van der Waals surface area contributed by atoms with Crippen molar-refractivity contribution in [3.63, 3.8) is 0 Å². The number of carbonyl (C=O) groups excluding carboxylic acids is 2. The van der Waals surface area contributed by atoms with Crippen molar-refractivity contribution in [3.05, 3.63) is 71.3 Å². The van der Waals surface area contributed by atoms with Gasteiger partial charge in [0.1, 0.15) is 13.2 Å². The quantitative estimate of drug-likeness (QED) is 0.703. The Balaban J connectivity index is 1.77. The van der Waals surface area contributed by atoms with Crippen LogP contribution in [0.5, 0.6) is 0 Å². The Kier molecular flexibility index (Phi) is 7.83. The highest BCUT2D eigenvalue weighted by Gasteiger charge is 2.09. The highest BCUT2D eigenvalue weighted by Crippen LogP contribution is 2.08. The summed E-state index contributed by atoms with van der Waals surface area (Å²) in [5.41, 5.74) is 2.60. The minimum absolute atomic E-state index is 0.146. The average molecular weight is 354 g/mol. The second-order valence-electron chi connectivity index (χ2n) is 5.99. The molecule has 1 amide bonds. The summed E-state index contributed by atoms with van der Waals surface area (Å²) in [7, 11) is 0. The van der Waals surface area contributed by atoms with Gasteiger partial charge in [0, 0.05) is 12.1 Å². The summed E-state index contributed by atoms with van der Waals surface area (Å²) in [5, 5.41) is 2.59. The molecule has 0 unspecified atom stereocenters. The molecule has 26 heavy (non-hydrogen) atoms. The maximum absolute atomic E-state index is 12.1. The molecule has 0 aromatic heterocycles. The van der Waals surface area contributed by atoms with Gasteiger partial charge in [-0.15, -0.1) is 0 Å². The average Bonchev–Trinajstić information content (AvgIpc) is 2.69. The first-order chi connectivity index (χ1) is 12.6. The van der Waals surface area contributed by atoms with Crippen LogP contribution in [-0.2, 0) is 22.7 Å². The Labute approximate surface area is 155 Å². The molecular formula is C21H26N2O3. The highest BCUT2D eigenvalue weighted by molar-refractivity contribution is 5.95. The number of nitrogens with one attached hydrogen (secondary N) is 1. The van der Waals surface area contributed by atoms with Crippen LogP contribution in [0, 0.1) is 0 Å². The van der Waals surface area contributed by atoms with Crippen molar-refractivity contribution in [1.82, 2.24) is 10.2 Å². The first kappa shape index (κ1) is 19.7. The van der Waals surface area contributed by atoms with Crippen LogP contribution in [0.2, 0.25) is 0 Å². The molecule has 0 saturated heterocycles. The van der Waals surface area contributed by atoms with Crippen molar-refractivity contribution >= 4 is 11.9 Å². The molecule has 5 nitrogen and oxygen atoms in total. The maximum Gasteiger partial charge on any atom is 0.325 e. The predicted octanol–water partition coefficient (Wildman–Crippen LogP) is 3.00. The van der Waals surface area contributed by atoms with Crippen molar-refractivity contribution in [2.75, 3.05) is 19.6 Å². The lowest BCUT2D eigenvalue weighted by Gasteiger charge is -2.18. The molecule has 2 aromatic carbocycles. The van der Waals surface area contributed by atoms with E-state index in [4.69, 9.17) is 4.74 Å². The lowest BCUT2D eigenvalue weighted by Crippen LogP contribution is -2.30. The number of hydrogen-bond donors (Lipinski definition) is 1. The van der Waals surface area contributed by atoms with E-state index in [1.54, 1.807) is 12.1 Å². The third kappa shape index (κ3) is 6.33. The van der Waals surface area contributed by atoms with Crippen molar-refractivity contribution < 1.29 is 14.3 Å². The standard InChI is InChI=1S/C21H26N2O3/c1-3-23(4-2)15-17-10-12-19(13-11-17)21(25)22-14-20(24)26-16-18-8-6-5-7-9-18/h5-13H,3-4,14-16H2,1-2H3,(H,22,25). The monoisotopic (exact) mass is 354 g/mol. The van der Waals surface area contributed by atoms with E-state index in [9.17, 15) is 9.59 Å². The zero-order valence-electron chi connectivity index (χ0n) is 15.4. The van der Waals surface area contributed by atoms with Crippen LogP contribution in [0.25, 0.3) is 0 Å². The van der Waals surface area contributed by atoms with E-state index in [1.165, 1.54) is 0 Å². The van der Waals surface area contributed by atoms with Gasteiger partial charge in [-0.3, -0.25) is 14.5 Å². The van der Waals surface area contributed by atoms with Gasteiger partial charge in [-0.05, 0) is 36.3 Å². The van der Waals surface area contributed by atoms with Crippen LogP contribution in [0.1, 0.15) is 35.3 Å². The molecular weight excluding hydrogens is 328 g/mol. The fraction of sp³-hybridized carbons (Fsp3) is 0.333. The van der Waals surface area contributed by atoms with E-state index in [-0.39, 0.29) is 19.1 Å². The normalized spacial score (nSPS) is 10.6. The molecule has 0 aliphatic rings. The zero-order chi connectivity index (χ0) is 18.8. The molecule has 0 aliphatic carbocycles. The molecule has 0 aliphatic heterocycles. The van der Waals surface area contributed by atoms with E-state index in [0.29, 0.717) is 5.56 Å². The molecule has 0 radical (unpaired) electrons. The lowest BCUT2D eigenvalue weighted by atomic mass is 10.1. The molecule has 5 heteroatoms. The molecule has 1 N–H and O–H groups in total. The van der Waals surface area contributed by atoms with E-state index < -0.39 is 5.97 Å². The maximum atomic E-state index is 12.1. The van der Waals surface area contributed by atoms with Crippen LogP contribution >= 0.6 is 0 Å². The van der Waals surface area contributed by atoms with Gasteiger partial charge >= 0.3 is 5.97 Å². The number of benzene rings is 2. The summed E-state index contributed by atoms with van der Waals surface area (Å²) >= 11 is 0. The summed E-state index contributed by atoms with van der Waals surface area (Å²) in [6.45, 7) is 7.15. The first-order valence-electron chi connectivity index (χ1n) is 8.91. The molecule has 0 heterocycles. The fourth-order valence-electron chi connectivity index (χ4n) is 2.51. The van der Waals surface area contributed by atoms with Gasteiger partial charge in [0.05, 0.1) is 0 Å². The number of carbonyl (C=O) groups is 2. The summed E-state index contributed by atoms with van der Waals surface area (Å²) in [6, 6.07) is 16.9. The van der Waals surface area contributed by atoms with Crippen LogP contribution in [-0.4, -0.2) is 36.4 Å². The minimum atomic E-state index is -0.458. The Hall–Kier alpha value is -2.66. The van der Waals surface area contributed by atoms with Crippen molar-refractivity contribution in [2.45, 2.75) is 27.0 Å². The first-order valence-corrected chi connectivity index (χ1v) is 8.91. The van der Waals surface area contributed by atoms with E-state index in [0.717, 1.165) is 30.8 Å². The predicted molar refractivity (Wildman–Crippen MR) is 102 cm³/mol. The minimum Gasteiger partial charge on any atom is -0.460 e. The molecule has 0 atom stereocenters. The molecule has 2 rings (SSSR count). The van der Waals surface area contributed by atoms with Crippen LogP contribution in [0.3, 0.4) is 0 Å². The Morgan fingerprint density at radius 2 is 1.58 bits per heavy atom. The van der Waals surface area contributed by atoms with Gasteiger partial charge in [0.2, 0.25) is 0 Å². The molecule has 138 valence electrons. The molecule has 2 aromatic rings. The second kappa shape index (κ2) is 10.4. The molecule has 0 bridgehead atoms. The molecule has 0 spiro atoms. The SMILES string of the molecule is CCN(CC)Cc1ccc(C(=O)NCC(=O)OCc2ccccc2)cc1. The van der Waals surface area contributed by atoms with Gasteiger partial charge < -0.3 is 10.1 Å². The zero-order valence-corrected chi connectivity index (χ0v) is 15.4. The topological polar surface area (TPSA) is 58.6 Å². The number of ether oxygens (including phenoxy) is 1. The highest BCUT2D eigenvalue weighted by atomic mass is 16.5. The van der Waals surface area contributed by atoms with Crippen molar-refractivity contribution in [3.8, 4) is 0 Å². The number of nitrogens with zero attached hydrogens (tertiary/aromatic N) is 1. The number of amides is 1. The van der Waals surface area contributed by atoms with Gasteiger partial charge in [-0.25, -0.2) is 0 Å². The van der Waals surface area contributed by atoms with Crippen LogP contribution in [0.15, 0.2) is 54.6 Å². The lowest BCUT2D eigenvalue weighted by molar-refractivity contribution is -0.143. The largest absolute Gasteiger partial charge is 0.460 e. The van der Waals surface area contributed by atoms with Crippen LogP contribution in [0.4, 0.5) is 0 Å². The number of hydrogen-bond acceptors (Lipinski definition) is 4. The van der Waals surface area contributed by atoms with E-state index >= 15 is 0 Å². The summed E-state index contributed by atoms with van der Waals surface area (Å²) in [6.07, 6.45) is 0. The third-order valence-corrected chi connectivity index (χ3v) is 4.15. The summed E-state index contributed by atoms with van der Waals surface area (Å²) in [4.78, 5) is 26.2.